The van der Waals surface area contributed by atoms with E-state index in [1.807, 2.05) is 23.1 Å². The zero-order chi connectivity index (χ0) is 15.8. The van der Waals surface area contributed by atoms with E-state index in [0.717, 1.165) is 24.9 Å². The van der Waals surface area contributed by atoms with Gasteiger partial charge in [-0.05, 0) is 43.7 Å². The number of pyridine rings is 1. The van der Waals surface area contributed by atoms with Gasteiger partial charge >= 0.3 is 0 Å². The Morgan fingerprint density at radius 3 is 2.70 bits per heavy atom. The molecule has 2 aliphatic rings. The number of rotatable bonds is 2. The highest BCUT2D eigenvalue weighted by Gasteiger charge is 2.36. The van der Waals surface area contributed by atoms with Crippen LogP contribution in [0.4, 0.5) is 0 Å². The first-order valence-electron chi connectivity index (χ1n) is 8.67. The second kappa shape index (κ2) is 5.84. The predicted octanol–water partition coefficient (Wildman–Crippen LogP) is 3.32. The van der Waals surface area contributed by atoms with Gasteiger partial charge in [0.05, 0.1) is 0 Å². The van der Waals surface area contributed by atoms with E-state index in [1.54, 1.807) is 6.07 Å². The molecule has 2 heterocycles. The molecule has 1 aliphatic carbocycles. The summed E-state index contributed by atoms with van der Waals surface area (Å²) in [5.74, 6) is 0.635. The number of fused-ring (bicyclic) bond motifs is 1. The lowest BCUT2D eigenvalue weighted by Crippen LogP contribution is -2.40. The van der Waals surface area contributed by atoms with Gasteiger partial charge in [-0.25, -0.2) is 0 Å². The van der Waals surface area contributed by atoms with E-state index in [-0.39, 0.29) is 11.3 Å². The number of nitrogens with zero attached hydrogens (tertiary/aromatic N) is 1. The minimum atomic E-state index is -0.0840. The second-order valence-electron chi connectivity index (χ2n) is 6.85. The van der Waals surface area contributed by atoms with Gasteiger partial charge in [-0.2, -0.15) is 0 Å². The van der Waals surface area contributed by atoms with Gasteiger partial charge in [0, 0.05) is 29.6 Å². The molecule has 1 aliphatic heterocycles. The summed E-state index contributed by atoms with van der Waals surface area (Å²) in [6, 6.07) is 9.19. The molecule has 1 amide bonds. The Labute approximate surface area is 135 Å². The number of likely N-dealkylation sites (tertiary alicyclic amines) is 1. The quantitative estimate of drug-likeness (QED) is 0.925. The number of hydrogen-bond acceptors (Lipinski definition) is 2. The molecule has 1 saturated heterocycles. The molecule has 1 saturated carbocycles. The number of aromatic nitrogens is 1. The number of carbonyl (C=O) groups excluding carboxylic acids is 1. The van der Waals surface area contributed by atoms with Gasteiger partial charge in [0.15, 0.2) is 5.43 Å². The van der Waals surface area contributed by atoms with Gasteiger partial charge < -0.3 is 9.88 Å². The molecule has 1 aromatic heterocycles. The first kappa shape index (κ1) is 14.5. The van der Waals surface area contributed by atoms with Gasteiger partial charge in [0.2, 0.25) is 0 Å². The van der Waals surface area contributed by atoms with Crippen LogP contribution in [0.15, 0.2) is 35.1 Å². The summed E-state index contributed by atoms with van der Waals surface area (Å²) < 4.78 is 0. The number of hydrogen-bond donors (Lipinski definition) is 1. The number of para-hydroxylation sites is 1. The highest BCUT2D eigenvalue weighted by Crippen LogP contribution is 2.35. The molecule has 4 heteroatoms. The lowest BCUT2D eigenvalue weighted by Gasteiger charge is -2.29. The first-order valence-corrected chi connectivity index (χ1v) is 8.67. The van der Waals surface area contributed by atoms with E-state index < -0.39 is 0 Å². The first-order chi connectivity index (χ1) is 11.2. The Bertz CT molecular complexity index is 789. The van der Waals surface area contributed by atoms with E-state index >= 15 is 0 Å². The van der Waals surface area contributed by atoms with E-state index in [4.69, 9.17) is 0 Å². The molecule has 4 nitrogen and oxygen atoms in total. The Morgan fingerprint density at radius 1 is 1.09 bits per heavy atom. The van der Waals surface area contributed by atoms with Crippen molar-refractivity contribution in [2.45, 2.75) is 44.6 Å². The van der Waals surface area contributed by atoms with Crippen molar-refractivity contribution >= 4 is 16.8 Å². The van der Waals surface area contributed by atoms with Crippen molar-refractivity contribution in [2.75, 3.05) is 6.54 Å². The summed E-state index contributed by atoms with van der Waals surface area (Å²) in [4.78, 5) is 30.4. The van der Waals surface area contributed by atoms with E-state index in [1.165, 1.54) is 31.7 Å². The topological polar surface area (TPSA) is 53.2 Å². The molecule has 120 valence electrons. The molecule has 4 rings (SSSR count). The van der Waals surface area contributed by atoms with Crippen LogP contribution in [0, 0.1) is 5.92 Å². The van der Waals surface area contributed by atoms with Crippen LogP contribution in [0.2, 0.25) is 0 Å². The molecular weight excluding hydrogens is 288 g/mol. The van der Waals surface area contributed by atoms with Crippen molar-refractivity contribution in [1.82, 2.24) is 9.88 Å². The summed E-state index contributed by atoms with van der Waals surface area (Å²) >= 11 is 0. The van der Waals surface area contributed by atoms with Gasteiger partial charge in [-0.1, -0.05) is 25.0 Å². The Hall–Kier alpha value is -2.10. The fourth-order valence-corrected chi connectivity index (χ4v) is 4.34. The molecule has 23 heavy (non-hydrogen) atoms. The van der Waals surface area contributed by atoms with Gasteiger partial charge in [0.1, 0.15) is 5.69 Å². The maximum atomic E-state index is 13.0. The van der Waals surface area contributed by atoms with Crippen molar-refractivity contribution in [1.29, 1.82) is 0 Å². The number of aromatic amines is 1. The summed E-state index contributed by atoms with van der Waals surface area (Å²) in [5, 5.41) is 0.637. The van der Waals surface area contributed by atoms with Crippen LogP contribution in [-0.4, -0.2) is 28.4 Å². The van der Waals surface area contributed by atoms with Crippen molar-refractivity contribution in [3.63, 3.8) is 0 Å². The van der Waals surface area contributed by atoms with Crippen LogP contribution in [-0.2, 0) is 0 Å². The van der Waals surface area contributed by atoms with Crippen LogP contribution in [0.3, 0.4) is 0 Å². The predicted molar refractivity (Wildman–Crippen MR) is 90.6 cm³/mol. The van der Waals surface area contributed by atoms with Crippen LogP contribution >= 0.6 is 0 Å². The minimum Gasteiger partial charge on any atom is -0.350 e. The highest BCUT2D eigenvalue weighted by molar-refractivity contribution is 5.95. The monoisotopic (exact) mass is 310 g/mol. The zero-order valence-corrected chi connectivity index (χ0v) is 13.3. The maximum absolute atomic E-state index is 13.0. The van der Waals surface area contributed by atoms with Crippen molar-refractivity contribution < 1.29 is 4.79 Å². The Kier molecular flexibility index (Phi) is 3.68. The van der Waals surface area contributed by atoms with E-state index in [9.17, 15) is 9.59 Å². The van der Waals surface area contributed by atoms with Crippen LogP contribution in [0.5, 0.6) is 0 Å². The number of benzene rings is 1. The van der Waals surface area contributed by atoms with Crippen LogP contribution < -0.4 is 5.43 Å². The molecular formula is C19H22N2O2. The SMILES string of the molecule is O=C(c1cc(=O)c2ccccc2[nH]1)N1CCCC1C1CCCC1. The number of nitrogens with one attached hydrogen (secondary N) is 1. The van der Waals surface area contributed by atoms with Crippen molar-refractivity contribution in [3.05, 3.63) is 46.2 Å². The van der Waals surface area contributed by atoms with Gasteiger partial charge in [0.25, 0.3) is 5.91 Å². The Morgan fingerprint density at radius 2 is 1.87 bits per heavy atom. The third-order valence-corrected chi connectivity index (χ3v) is 5.47. The summed E-state index contributed by atoms with van der Waals surface area (Å²) in [5.41, 5.74) is 1.08. The third kappa shape index (κ3) is 2.56. The van der Waals surface area contributed by atoms with Gasteiger partial charge in [-0.3, -0.25) is 9.59 Å². The van der Waals surface area contributed by atoms with Gasteiger partial charge in [-0.15, -0.1) is 0 Å². The second-order valence-corrected chi connectivity index (χ2v) is 6.85. The summed E-state index contributed by atoms with van der Waals surface area (Å²) in [6.07, 6.45) is 7.23. The number of carbonyl (C=O) groups is 1. The molecule has 1 unspecified atom stereocenters. The van der Waals surface area contributed by atoms with Crippen LogP contribution in [0.25, 0.3) is 10.9 Å². The highest BCUT2D eigenvalue weighted by atomic mass is 16.2. The molecule has 1 atom stereocenters. The Balaban J connectivity index is 1.67. The maximum Gasteiger partial charge on any atom is 0.270 e. The molecule has 0 spiro atoms. The van der Waals surface area contributed by atoms with Crippen LogP contribution in [0.1, 0.15) is 49.0 Å². The van der Waals surface area contributed by atoms with E-state index in [2.05, 4.69) is 4.98 Å². The normalized spacial score (nSPS) is 22.1. The lowest BCUT2D eigenvalue weighted by atomic mass is 9.96. The summed E-state index contributed by atoms with van der Waals surface area (Å²) in [7, 11) is 0. The largest absolute Gasteiger partial charge is 0.350 e. The standard InChI is InChI=1S/C19H22N2O2/c22-18-12-16(20-15-9-4-3-8-14(15)18)19(23)21-11-5-10-17(21)13-6-1-2-7-13/h3-4,8-9,12-13,17H,1-2,5-7,10-11H2,(H,20,22). The van der Waals surface area contributed by atoms with Crippen molar-refractivity contribution in [2.24, 2.45) is 5.92 Å². The van der Waals surface area contributed by atoms with E-state index in [0.29, 0.717) is 23.0 Å². The average molecular weight is 310 g/mol. The average Bonchev–Trinajstić information content (AvgIpc) is 3.25. The smallest absolute Gasteiger partial charge is 0.270 e. The molecule has 0 bridgehead atoms. The molecule has 2 aromatic rings. The minimum absolute atomic E-state index is 0.0118. The third-order valence-electron chi connectivity index (χ3n) is 5.47. The van der Waals surface area contributed by atoms with Crippen molar-refractivity contribution in [3.8, 4) is 0 Å². The number of amides is 1. The fraction of sp³-hybridized carbons (Fsp3) is 0.474. The zero-order valence-electron chi connectivity index (χ0n) is 13.3. The fourth-order valence-electron chi connectivity index (χ4n) is 4.34. The number of H-pyrrole nitrogens is 1. The summed E-state index contributed by atoms with van der Waals surface area (Å²) in [6.45, 7) is 0.814. The molecule has 1 aromatic carbocycles. The lowest BCUT2D eigenvalue weighted by molar-refractivity contribution is 0.0683. The molecule has 2 fully saturated rings. The molecule has 1 N–H and O–H groups in total. The molecule has 0 radical (unpaired) electrons.